The fraction of sp³-hybridized carbons (Fsp3) is 0.375. The second kappa shape index (κ2) is 6.19. The average Bonchev–Trinajstić information content (AvgIpc) is 2.72. The highest BCUT2D eigenvalue weighted by molar-refractivity contribution is 6.08. The summed E-state index contributed by atoms with van der Waals surface area (Å²) >= 11 is 0. The number of aliphatic hydroxyl groups excluding tert-OH is 2. The molecule has 1 unspecified atom stereocenters. The van der Waals surface area contributed by atoms with Gasteiger partial charge < -0.3 is 20.0 Å². The van der Waals surface area contributed by atoms with Crippen molar-refractivity contribution in [3.63, 3.8) is 0 Å². The van der Waals surface area contributed by atoms with Gasteiger partial charge in [-0.2, -0.15) is 0 Å². The van der Waals surface area contributed by atoms with E-state index in [-0.39, 0.29) is 24.5 Å². The van der Waals surface area contributed by atoms with Crippen molar-refractivity contribution in [3.05, 3.63) is 41.2 Å². The van der Waals surface area contributed by atoms with Gasteiger partial charge in [0.05, 0.1) is 18.2 Å². The molecule has 2 N–H and O–H groups in total. The maximum absolute atomic E-state index is 12.1. The summed E-state index contributed by atoms with van der Waals surface area (Å²) in [5, 5.41) is 19.1. The van der Waals surface area contributed by atoms with Gasteiger partial charge in [-0.1, -0.05) is 12.1 Å². The molecule has 0 spiro atoms. The van der Waals surface area contributed by atoms with Gasteiger partial charge in [-0.05, 0) is 24.6 Å². The molecule has 6 nitrogen and oxygen atoms in total. The Labute approximate surface area is 129 Å². The molecule has 2 rings (SSSR count). The molecule has 0 saturated carbocycles. The van der Waals surface area contributed by atoms with E-state index in [2.05, 4.69) is 0 Å². The molecule has 0 aliphatic carbocycles. The zero-order valence-electron chi connectivity index (χ0n) is 12.9. The lowest BCUT2D eigenvalue weighted by atomic mass is 9.96. The zero-order chi connectivity index (χ0) is 16.4. The van der Waals surface area contributed by atoms with Gasteiger partial charge in [0.1, 0.15) is 0 Å². The van der Waals surface area contributed by atoms with Crippen LogP contribution in [0.1, 0.15) is 18.5 Å². The lowest BCUT2D eigenvalue weighted by molar-refractivity contribution is -0.129. The van der Waals surface area contributed by atoms with Crippen molar-refractivity contribution in [3.8, 4) is 0 Å². The predicted molar refractivity (Wildman–Crippen MR) is 82.6 cm³/mol. The molecule has 1 aromatic carbocycles. The first-order valence-corrected chi connectivity index (χ1v) is 7.01. The molecular weight excluding hydrogens is 284 g/mol. The van der Waals surface area contributed by atoms with Gasteiger partial charge in [0.15, 0.2) is 11.5 Å². The van der Waals surface area contributed by atoms with Crippen LogP contribution in [0.4, 0.5) is 5.69 Å². The summed E-state index contributed by atoms with van der Waals surface area (Å²) in [6.07, 6.45) is 0. The first kappa shape index (κ1) is 16.0. The Bertz CT molecular complexity index is 620. The fourth-order valence-electron chi connectivity index (χ4n) is 2.65. The van der Waals surface area contributed by atoms with Crippen LogP contribution >= 0.6 is 0 Å². The van der Waals surface area contributed by atoms with E-state index < -0.39 is 17.7 Å². The molecule has 0 radical (unpaired) electrons. The lowest BCUT2D eigenvalue weighted by Crippen LogP contribution is -2.33. The van der Waals surface area contributed by atoms with Crippen LogP contribution in [0, 0.1) is 0 Å². The lowest BCUT2D eigenvalue weighted by Gasteiger charge is -2.26. The maximum atomic E-state index is 12.1. The zero-order valence-corrected chi connectivity index (χ0v) is 12.9. The van der Waals surface area contributed by atoms with Gasteiger partial charge in [-0.25, -0.2) is 0 Å². The van der Waals surface area contributed by atoms with E-state index in [0.717, 1.165) is 11.3 Å². The second-order valence-corrected chi connectivity index (χ2v) is 5.43. The number of hydrogen-bond donors (Lipinski definition) is 2. The third kappa shape index (κ3) is 2.69. The summed E-state index contributed by atoms with van der Waals surface area (Å²) in [5.74, 6) is -1.50. The molecular formula is C16H20N2O4. The Morgan fingerprint density at radius 3 is 2.32 bits per heavy atom. The van der Waals surface area contributed by atoms with Crippen LogP contribution < -0.4 is 4.90 Å². The molecule has 22 heavy (non-hydrogen) atoms. The van der Waals surface area contributed by atoms with Gasteiger partial charge in [0.2, 0.25) is 0 Å². The molecule has 1 aliphatic rings. The highest BCUT2D eigenvalue weighted by Gasteiger charge is 2.41. The normalized spacial score (nSPS) is 18.1. The Morgan fingerprint density at radius 1 is 1.27 bits per heavy atom. The number of hydrogen-bond acceptors (Lipinski definition) is 5. The van der Waals surface area contributed by atoms with Crippen molar-refractivity contribution in [2.75, 3.05) is 32.1 Å². The number of amides is 1. The number of nitrogens with zero attached hydrogens (tertiary/aromatic N) is 2. The van der Waals surface area contributed by atoms with Gasteiger partial charge in [0, 0.05) is 26.3 Å². The Morgan fingerprint density at radius 2 is 1.86 bits per heavy atom. The minimum atomic E-state index is -0.659. The highest BCUT2D eigenvalue weighted by atomic mass is 16.3. The van der Waals surface area contributed by atoms with Gasteiger partial charge in [0.25, 0.3) is 5.91 Å². The minimum absolute atomic E-state index is 0.0553. The molecule has 1 heterocycles. The minimum Gasteiger partial charge on any atom is -0.503 e. The molecule has 1 atom stereocenters. The summed E-state index contributed by atoms with van der Waals surface area (Å²) in [5.41, 5.74) is 1.79. The predicted octanol–water partition coefficient (Wildman–Crippen LogP) is 1.03. The van der Waals surface area contributed by atoms with Gasteiger partial charge >= 0.3 is 0 Å². The van der Waals surface area contributed by atoms with E-state index in [1.165, 1.54) is 11.8 Å². The number of β-amino-alcohol motifs (C(OH)–C–C–N with tert-alkyl or cyclic N) is 1. The number of anilines is 1. The van der Waals surface area contributed by atoms with Crippen LogP contribution in [0.3, 0.4) is 0 Å². The maximum Gasteiger partial charge on any atom is 0.290 e. The first-order chi connectivity index (χ1) is 10.4. The van der Waals surface area contributed by atoms with Crippen molar-refractivity contribution in [1.29, 1.82) is 0 Å². The summed E-state index contributed by atoms with van der Waals surface area (Å²) < 4.78 is 0. The Hall–Kier alpha value is -2.34. The molecule has 0 saturated heterocycles. The molecule has 1 aromatic rings. The van der Waals surface area contributed by atoms with E-state index in [0.29, 0.717) is 0 Å². The van der Waals surface area contributed by atoms with E-state index in [9.17, 15) is 14.7 Å². The SMILES string of the molecule is CC(=O)C1=C(O)C(=O)N(CCO)C1c1ccc(N(C)C)cc1. The number of Topliss-reactive ketones (excluding diaryl/α,β-unsaturated/α-hetero) is 1. The third-order valence-corrected chi connectivity index (χ3v) is 3.75. The van der Waals surface area contributed by atoms with E-state index in [1.807, 2.05) is 43.3 Å². The van der Waals surface area contributed by atoms with Crippen molar-refractivity contribution in [2.24, 2.45) is 0 Å². The van der Waals surface area contributed by atoms with Gasteiger partial charge in [-0.3, -0.25) is 9.59 Å². The van der Waals surface area contributed by atoms with Gasteiger partial charge in [-0.15, -0.1) is 0 Å². The van der Waals surface area contributed by atoms with Crippen molar-refractivity contribution in [1.82, 2.24) is 4.90 Å². The van der Waals surface area contributed by atoms with Crippen LogP contribution in [-0.4, -0.2) is 54.1 Å². The molecule has 6 heteroatoms. The number of aliphatic hydroxyl groups is 2. The Balaban J connectivity index is 2.47. The number of rotatable bonds is 5. The first-order valence-electron chi connectivity index (χ1n) is 7.01. The second-order valence-electron chi connectivity index (χ2n) is 5.43. The highest BCUT2D eigenvalue weighted by Crippen LogP contribution is 2.37. The molecule has 1 aliphatic heterocycles. The summed E-state index contributed by atoms with van der Waals surface area (Å²) in [7, 11) is 3.83. The number of carbonyl (C=O) groups excluding carboxylic acids is 2. The topological polar surface area (TPSA) is 81.1 Å². The van der Waals surface area contributed by atoms with Crippen LogP contribution in [0.25, 0.3) is 0 Å². The number of carbonyl (C=O) groups is 2. The number of ketones is 1. The largest absolute Gasteiger partial charge is 0.503 e. The quantitative estimate of drug-likeness (QED) is 0.849. The molecule has 1 amide bonds. The monoisotopic (exact) mass is 304 g/mol. The molecule has 0 bridgehead atoms. The average molecular weight is 304 g/mol. The van der Waals surface area contributed by atoms with E-state index >= 15 is 0 Å². The number of benzene rings is 1. The fourth-order valence-corrected chi connectivity index (χ4v) is 2.65. The van der Waals surface area contributed by atoms with Crippen molar-refractivity contribution in [2.45, 2.75) is 13.0 Å². The van der Waals surface area contributed by atoms with E-state index in [1.54, 1.807) is 0 Å². The standard InChI is InChI=1S/C16H20N2O4/c1-10(20)13-14(18(8-9-19)16(22)15(13)21)11-4-6-12(7-5-11)17(2)3/h4-7,14,19,21H,8-9H2,1-3H3. The summed E-state index contributed by atoms with van der Waals surface area (Å²) in [6.45, 7) is 1.14. The van der Waals surface area contributed by atoms with Crippen molar-refractivity contribution >= 4 is 17.4 Å². The third-order valence-electron chi connectivity index (χ3n) is 3.75. The van der Waals surface area contributed by atoms with Crippen LogP contribution in [0.5, 0.6) is 0 Å². The summed E-state index contributed by atoms with van der Waals surface area (Å²) in [4.78, 5) is 27.2. The Kier molecular flexibility index (Phi) is 4.51. The van der Waals surface area contributed by atoms with Crippen LogP contribution in [0.15, 0.2) is 35.6 Å². The molecule has 0 fully saturated rings. The van der Waals surface area contributed by atoms with Crippen LogP contribution in [-0.2, 0) is 9.59 Å². The smallest absolute Gasteiger partial charge is 0.290 e. The molecule has 118 valence electrons. The molecule has 0 aromatic heterocycles. The van der Waals surface area contributed by atoms with Crippen LogP contribution in [0.2, 0.25) is 0 Å². The summed E-state index contributed by atoms with van der Waals surface area (Å²) in [6, 6.07) is 6.74. The van der Waals surface area contributed by atoms with Crippen molar-refractivity contribution < 1.29 is 19.8 Å². The van der Waals surface area contributed by atoms with E-state index in [4.69, 9.17) is 5.11 Å².